The second-order valence-corrected chi connectivity index (χ2v) is 9.87. The molecular weight excluding hydrogens is 435 g/mol. The molecule has 0 saturated heterocycles. The molecule has 0 bridgehead atoms. The smallest absolute Gasteiger partial charge is 0.255 e. The van der Waals surface area contributed by atoms with Crippen LogP contribution in [0.4, 0.5) is 11.4 Å². The van der Waals surface area contributed by atoms with Crippen molar-refractivity contribution in [1.29, 1.82) is 0 Å². The van der Waals surface area contributed by atoms with Crippen LogP contribution >= 0.6 is 23.2 Å². The highest BCUT2D eigenvalue weighted by Gasteiger charge is 2.23. The highest BCUT2D eigenvalue weighted by atomic mass is 35.5. The second kappa shape index (κ2) is 8.73. The first kappa shape index (κ1) is 21.6. The Labute approximate surface area is 179 Å². The van der Waals surface area contributed by atoms with Gasteiger partial charge in [-0.3, -0.25) is 9.59 Å². The van der Waals surface area contributed by atoms with Gasteiger partial charge >= 0.3 is 0 Å². The highest BCUT2D eigenvalue weighted by Crippen LogP contribution is 2.35. The summed E-state index contributed by atoms with van der Waals surface area (Å²) in [5, 5.41) is 5.81. The minimum absolute atomic E-state index is 0.00170. The minimum atomic E-state index is -3.35. The lowest BCUT2D eigenvalue weighted by molar-refractivity contribution is -0.119. The van der Waals surface area contributed by atoms with E-state index in [0.717, 1.165) is 31.9 Å². The van der Waals surface area contributed by atoms with E-state index in [2.05, 4.69) is 10.6 Å². The summed E-state index contributed by atoms with van der Waals surface area (Å²) in [5.41, 5.74) is 0.930. The summed E-state index contributed by atoms with van der Waals surface area (Å²) in [6, 6.07) is 8.59. The maximum atomic E-state index is 12.5. The minimum Gasteiger partial charge on any atom is -0.326 e. The molecule has 3 rings (SSSR count). The molecule has 6 nitrogen and oxygen atoms in total. The van der Waals surface area contributed by atoms with Gasteiger partial charge in [0.05, 0.1) is 20.6 Å². The number of carbonyl (C=O) groups is 2. The third-order valence-corrected chi connectivity index (χ3v) is 6.54. The van der Waals surface area contributed by atoms with Crippen molar-refractivity contribution in [2.24, 2.45) is 5.92 Å². The molecule has 29 heavy (non-hydrogen) atoms. The Kier molecular flexibility index (Phi) is 6.51. The van der Waals surface area contributed by atoms with E-state index in [1.165, 1.54) is 36.4 Å². The molecule has 154 valence electrons. The molecule has 0 heterocycles. The zero-order valence-corrected chi connectivity index (χ0v) is 18.0. The number of rotatable bonds is 5. The zero-order chi connectivity index (χ0) is 21.2. The quantitative estimate of drug-likeness (QED) is 0.679. The number of nitrogens with one attached hydrogen (secondary N) is 2. The van der Waals surface area contributed by atoms with Crippen molar-refractivity contribution in [2.45, 2.75) is 30.6 Å². The maximum Gasteiger partial charge on any atom is 0.255 e. The van der Waals surface area contributed by atoms with Crippen LogP contribution in [0.15, 0.2) is 41.3 Å². The second-order valence-electron chi connectivity index (χ2n) is 7.04. The van der Waals surface area contributed by atoms with Crippen molar-refractivity contribution >= 4 is 56.2 Å². The standard InChI is InChI=1S/C20H20Cl2N2O4S/c1-29(27,28)15-8-6-13(7-9-15)20(26)24-18-16(21)10-14(11-17(18)22)23-19(25)12-4-2-3-5-12/h6-12H,2-5H2,1H3,(H,23,25)(H,24,26). The molecular formula is C20H20Cl2N2O4S. The number of carbonyl (C=O) groups excluding carboxylic acids is 2. The van der Waals surface area contributed by atoms with E-state index in [4.69, 9.17) is 23.2 Å². The van der Waals surface area contributed by atoms with Gasteiger partial charge in [-0.25, -0.2) is 8.42 Å². The normalized spacial score (nSPS) is 14.6. The van der Waals surface area contributed by atoms with Gasteiger partial charge in [0.15, 0.2) is 9.84 Å². The number of hydrogen-bond donors (Lipinski definition) is 2. The Morgan fingerprint density at radius 1 is 0.966 bits per heavy atom. The fourth-order valence-electron chi connectivity index (χ4n) is 3.24. The Bertz CT molecular complexity index is 1020. The van der Waals surface area contributed by atoms with Gasteiger partial charge in [0.1, 0.15) is 0 Å². The molecule has 2 aromatic carbocycles. The summed E-state index contributed by atoms with van der Waals surface area (Å²) in [6.07, 6.45) is 4.94. The number of anilines is 2. The van der Waals surface area contributed by atoms with Gasteiger partial charge in [0.25, 0.3) is 5.91 Å². The van der Waals surface area contributed by atoms with Crippen LogP contribution < -0.4 is 10.6 Å². The van der Waals surface area contributed by atoms with E-state index in [1.807, 2.05) is 0 Å². The number of halogens is 2. The van der Waals surface area contributed by atoms with Crippen LogP contribution in [0.5, 0.6) is 0 Å². The van der Waals surface area contributed by atoms with Crippen LogP contribution in [0.2, 0.25) is 10.0 Å². The molecule has 1 aliphatic carbocycles. The van der Waals surface area contributed by atoms with E-state index < -0.39 is 15.7 Å². The summed E-state index contributed by atoms with van der Waals surface area (Å²) in [5.74, 6) is -0.546. The lowest BCUT2D eigenvalue weighted by atomic mass is 10.1. The van der Waals surface area contributed by atoms with Crippen LogP contribution in [0.3, 0.4) is 0 Å². The molecule has 2 aromatic rings. The van der Waals surface area contributed by atoms with E-state index >= 15 is 0 Å². The summed E-state index contributed by atoms with van der Waals surface area (Å²) >= 11 is 12.5. The molecule has 1 saturated carbocycles. The summed E-state index contributed by atoms with van der Waals surface area (Å²) in [4.78, 5) is 24.9. The zero-order valence-electron chi connectivity index (χ0n) is 15.7. The van der Waals surface area contributed by atoms with Gasteiger partial charge in [-0.2, -0.15) is 0 Å². The van der Waals surface area contributed by atoms with Gasteiger partial charge < -0.3 is 10.6 Å². The lowest BCUT2D eigenvalue weighted by Crippen LogP contribution is -2.20. The molecule has 1 aliphatic rings. The maximum absolute atomic E-state index is 12.5. The van der Waals surface area contributed by atoms with Crippen LogP contribution in [-0.4, -0.2) is 26.5 Å². The largest absolute Gasteiger partial charge is 0.326 e. The molecule has 0 radical (unpaired) electrons. The average molecular weight is 455 g/mol. The van der Waals surface area contributed by atoms with Gasteiger partial charge in [-0.15, -0.1) is 0 Å². The predicted octanol–water partition coefficient (Wildman–Crippen LogP) is 4.78. The first-order valence-corrected chi connectivity index (χ1v) is 11.7. The topological polar surface area (TPSA) is 92.3 Å². The summed E-state index contributed by atoms with van der Waals surface area (Å²) < 4.78 is 23.0. The van der Waals surface area contributed by atoms with Gasteiger partial charge in [0, 0.05) is 23.4 Å². The van der Waals surface area contributed by atoms with Crippen LogP contribution in [0.25, 0.3) is 0 Å². The number of benzene rings is 2. The van der Waals surface area contributed by atoms with Crippen molar-refractivity contribution in [2.75, 3.05) is 16.9 Å². The SMILES string of the molecule is CS(=O)(=O)c1ccc(C(=O)Nc2c(Cl)cc(NC(=O)C3CCCC3)cc2Cl)cc1. The highest BCUT2D eigenvalue weighted by molar-refractivity contribution is 7.90. The molecule has 0 aliphatic heterocycles. The molecule has 0 atom stereocenters. The third kappa shape index (κ3) is 5.29. The fraction of sp³-hybridized carbons (Fsp3) is 0.300. The monoisotopic (exact) mass is 454 g/mol. The van der Waals surface area contributed by atoms with Gasteiger partial charge in [-0.05, 0) is 49.2 Å². The number of hydrogen-bond acceptors (Lipinski definition) is 4. The van der Waals surface area contributed by atoms with Gasteiger partial charge in [-0.1, -0.05) is 36.0 Å². The van der Waals surface area contributed by atoms with Gasteiger partial charge in [0.2, 0.25) is 5.91 Å². The average Bonchev–Trinajstić information content (AvgIpc) is 3.19. The van der Waals surface area contributed by atoms with Crippen LogP contribution in [0, 0.1) is 5.92 Å². The first-order valence-electron chi connectivity index (χ1n) is 9.06. The van der Waals surface area contributed by atoms with E-state index in [0.29, 0.717) is 5.69 Å². The Balaban J connectivity index is 1.73. The molecule has 0 spiro atoms. The molecule has 1 fully saturated rings. The lowest BCUT2D eigenvalue weighted by Gasteiger charge is -2.14. The number of amides is 2. The van der Waals surface area contributed by atoms with E-state index in [1.54, 1.807) is 0 Å². The van der Waals surface area contributed by atoms with E-state index in [9.17, 15) is 18.0 Å². The third-order valence-electron chi connectivity index (χ3n) is 4.82. The Morgan fingerprint density at radius 2 is 1.52 bits per heavy atom. The van der Waals surface area contributed by atoms with Crippen LogP contribution in [0.1, 0.15) is 36.0 Å². The van der Waals surface area contributed by atoms with Crippen molar-refractivity contribution in [3.8, 4) is 0 Å². The number of sulfone groups is 1. The predicted molar refractivity (Wildman–Crippen MR) is 115 cm³/mol. The Hall–Kier alpha value is -2.09. The Morgan fingerprint density at radius 3 is 2.03 bits per heavy atom. The molecule has 9 heteroatoms. The molecule has 0 unspecified atom stereocenters. The first-order chi connectivity index (χ1) is 13.6. The van der Waals surface area contributed by atoms with Crippen molar-refractivity contribution in [1.82, 2.24) is 0 Å². The van der Waals surface area contributed by atoms with Crippen LogP contribution in [-0.2, 0) is 14.6 Å². The fourth-order valence-corrected chi connectivity index (χ4v) is 4.45. The summed E-state index contributed by atoms with van der Waals surface area (Å²) in [6.45, 7) is 0. The summed E-state index contributed by atoms with van der Waals surface area (Å²) in [7, 11) is -3.35. The molecule has 2 N–H and O–H groups in total. The van der Waals surface area contributed by atoms with Crippen molar-refractivity contribution in [3.05, 3.63) is 52.0 Å². The van der Waals surface area contributed by atoms with Crippen molar-refractivity contribution in [3.63, 3.8) is 0 Å². The van der Waals surface area contributed by atoms with Crippen molar-refractivity contribution < 1.29 is 18.0 Å². The molecule has 0 aromatic heterocycles. The molecule has 2 amide bonds. The van der Waals surface area contributed by atoms with E-state index in [-0.39, 0.29) is 38.0 Å².